The number of benzene rings is 1. The Morgan fingerprint density at radius 3 is 2.59 bits per heavy atom. The van der Waals surface area contributed by atoms with Crippen molar-refractivity contribution in [2.75, 3.05) is 10.6 Å². The minimum absolute atomic E-state index is 0.0178. The van der Waals surface area contributed by atoms with Crippen LogP contribution in [0.4, 0.5) is 21.9 Å². The summed E-state index contributed by atoms with van der Waals surface area (Å²) in [6.07, 6.45) is 2.19. The number of carboxylic acids is 1. The van der Waals surface area contributed by atoms with Crippen LogP contribution in [-0.2, 0) is 0 Å². The summed E-state index contributed by atoms with van der Waals surface area (Å²) in [6.45, 7) is 2.02. The van der Waals surface area contributed by atoms with Crippen LogP contribution >= 0.6 is 22.7 Å². The van der Waals surface area contributed by atoms with Crippen molar-refractivity contribution in [2.45, 2.75) is 25.7 Å². The highest BCUT2D eigenvalue weighted by molar-refractivity contribution is 7.22. The maximum atomic E-state index is 11.1. The van der Waals surface area contributed by atoms with Gasteiger partial charge in [-0.05, 0) is 37.8 Å². The summed E-state index contributed by atoms with van der Waals surface area (Å²) in [5, 5.41) is 27.0. The van der Waals surface area contributed by atoms with Gasteiger partial charge in [-0.1, -0.05) is 23.5 Å². The molecule has 1 aromatic carbocycles. The summed E-state index contributed by atoms with van der Waals surface area (Å²) in [4.78, 5) is 19.8. The summed E-state index contributed by atoms with van der Waals surface area (Å²) in [7, 11) is 0. The van der Waals surface area contributed by atoms with Crippen molar-refractivity contribution in [2.24, 2.45) is 0 Å². The van der Waals surface area contributed by atoms with E-state index in [0.717, 1.165) is 39.3 Å². The Bertz CT molecular complexity index is 1200. The van der Waals surface area contributed by atoms with E-state index in [1.54, 1.807) is 11.3 Å². The number of carbonyl (C=O) groups is 1. The van der Waals surface area contributed by atoms with E-state index in [1.165, 1.54) is 16.7 Å². The van der Waals surface area contributed by atoms with Gasteiger partial charge in [0, 0.05) is 16.5 Å². The topological polar surface area (TPSA) is 113 Å². The third-order valence-electron chi connectivity index (χ3n) is 4.72. The van der Waals surface area contributed by atoms with Crippen molar-refractivity contribution in [3.63, 3.8) is 0 Å². The lowest BCUT2D eigenvalue weighted by atomic mass is 10.1. The van der Waals surface area contributed by atoms with Crippen molar-refractivity contribution < 1.29 is 9.90 Å². The standard InChI is InChI=1S/C19H16N6O2S2/c1-9-14(10-6-7-10)16(23-18-21-12(8-28-18)17(26)27)25-24-15(9)22-19-20-11-4-2-3-5-13(11)29-19/h2-5,8,10H,6-7H2,1H3,(H,26,27)(H,20,22,24)(H,21,23,25). The molecule has 3 heterocycles. The highest BCUT2D eigenvalue weighted by Crippen LogP contribution is 2.46. The van der Waals surface area contributed by atoms with E-state index >= 15 is 0 Å². The Morgan fingerprint density at radius 1 is 1.10 bits per heavy atom. The van der Waals surface area contributed by atoms with Gasteiger partial charge in [0.1, 0.15) is 0 Å². The van der Waals surface area contributed by atoms with Gasteiger partial charge in [0.25, 0.3) is 0 Å². The van der Waals surface area contributed by atoms with Gasteiger partial charge in [-0.2, -0.15) is 0 Å². The lowest BCUT2D eigenvalue weighted by Gasteiger charge is -2.14. The Hall–Kier alpha value is -3.11. The SMILES string of the molecule is Cc1c(Nc2nc3ccccc3s2)nnc(Nc2nc(C(=O)O)cs2)c1C1CC1. The lowest BCUT2D eigenvalue weighted by molar-refractivity contribution is 0.0691. The van der Waals surface area contributed by atoms with Crippen LogP contribution in [0.3, 0.4) is 0 Å². The van der Waals surface area contributed by atoms with Crippen LogP contribution in [0.5, 0.6) is 0 Å². The summed E-state index contributed by atoms with van der Waals surface area (Å²) in [6, 6.07) is 7.99. The van der Waals surface area contributed by atoms with Crippen LogP contribution in [0.1, 0.15) is 40.4 Å². The molecule has 146 valence electrons. The van der Waals surface area contributed by atoms with Crippen molar-refractivity contribution in [1.29, 1.82) is 0 Å². The third-order valence-corrected chi connectivity index (χ3v) is 6.43. The molecule has 0 atom stereocenters. The van der Waals surface area contributed by atoms with Gasteiger partial charge < -0.3 is 15.7 Å². The van der Waals surface area contributed by atoms with Crippen molar-refractivity contribution in [1.82, 2.24) is 20.2 Å². The van der Waals surface area contributed by atoms with E-state index in [4.69, 9.17) is 5.11 Å². The van der Waals surface area contributed by atoms with Gasteiger partial charge in [0.2, 0.25) is 0 Å². The second-order valence-corrected chi connectivity index (χ2v) is 8.68. The van der Waals surface area contributed by atoms with Crippen LogP contribution in [0.25, 0.3) is 10.2 Å². The number of hydrogen-bond donors (Lipinski definition) is 3. The maximum Gasteiger partial charge on any atom is 0.355 e. The normalized spacial score (nSPS) is 13.6. The molecule has 0 unspecified atom stereocenters. The Balaban J connectivity index is 1.46. The van der Waals surface area contributed by atoms with Crippen molar-refractivity contribution >= 4 is 60.8 Å². The van der Waals surface area contributed by atoms with Gasteiger partial charge >= 0.3 is 5.97 Å². The molecule has 0 saturated heterocycles. The highest BCUT2D eigenvalue weighted by Gasteiger charge is 2.31. The Morgan fingerprint density at radius 2 is 1.86 bits per heavy atom. The molecule has 10 heteroatoms. The summed E-state index contributed by atoms with van der Waals surface area (Å²) >= 11 is 2.81. The fraction of sp³-hybridized carbons (Fsp3) is 0.211. The van der Waals surface area contributed by atoms with E-state index in [1.807, 2.05) is 31.2 Å². The molecule has 1 saturated carbocycles. The smallest absolute Gasteiger partial charge is 0.355 e. The highest BCUT2D eigenvalue weighted by atomic mass is 32.1. The Kier molecular flexibility index (Phi) is 4.36. The van der Waals surface area contributed by atoms with Crippen LogP contribution in [0, 0.1) is 6.92 Å². The lowest BCUT2D eigenvalue weighted by Crippen LogP contribution is -2.07. The molecule has 4 aromatic rings. The summed E-state index contributed by atoms with van der Waals surface area (Å²) < 4.78 is 1.11. The van der Waals surface area contributed by atoms with Crippen LogP contribution < -0.4 is 10.6 Å². The number of thiazole rings is 2. The molecule has 0 spiro atoms. The third kappa shape index (κ3) is 3.52. The molecule has 0 bridgehead atoms. The molecule has 5 rings (SSSR count). The zero-order valence-corrected chi connectivity index (χ0v) is 17.0. The van der Waals surface area contributed by atoms with Crippen molar-refractivity contribution in [3.8, 4) is 0 Å². The van der Waals surface area contributed by atoms with E-state index in [0.29, 0.717) is 22.7 Å². The second-order valence-electron chi connectivity index (χ2n) is 6.79. The predicted octanol–water partition coefficient (Wildman–Crippen LogP) is 4.91. The second kappa shape index (κ2) is 7.05. The van der Waals surface area contributed by atoms with E-state index < -0.39 is 5.97 Å². The summed E-state index contributed by atoms with van der Waals surface area (Å²) in [5.41, 5.74) is 3.07. The number of carboxylic acid groups (broad SMARTS) is 1. The van der Waals surface area contributed by atoms with E-state index in [2.05, 4.69) is 30.8 Å². The molecule has 1 fully saturated rings. The number of rotatable bonds is 6. The average Bonchev–Trinajstić information content (AvgIpc) is 3.27. The molecule has 3 N–H and O–H groups in total. The zero-order chi connectivity index (χ0) is 20.0. The number of aromatic nitrogens is 4. The maximum absolute atomic E-state index is 11.1. The molecule has 0 aliphatic heterocycles. The zero-order valence-electron chi connectivity index (χ0n) is 15.3. The van der Waals surface area contributed by atoms with Crippen LogP contribution in [0.2, 0.25) is 0 Å². The number of hydrogen-bond acceptors (Lipinski definition) is 9. The minimum atomic E-state index is -1.05. The molecule has 0 radical (unpaired) electrons. The number of fused-ring (bicyclic) bond motifs is 1. The molecule has 29 heavy (non-hydrogen) atoms. The number of aromatic carboxylic acids is 1. The average molecular weight is 425 g/mol. The number of nitrogens with zero attached hydrogens (tertiary/aromatic N) is 4. The van der Waals surface area contributed by atoms with Crippen molar-refractivity contribution in [3.05, 3.63) is 46.5 Å². The predicted molar refractivity (Wildman–Crippen MR) is 114 cm³/mol. The first-order valence-electron chi connectivity index (χ1n) is 9.04. The summed E-state index contributed by atoms with van der Waals surface area (Å²) in [5.74, 6) is 0.685. The van der Waals surface area contributed by atoms with Gasteiger partial charge in [0.05, 0.1) is 10.2 Å². The molecule has 3 aromatic heterocycles. The van der Waals surface area contributed by atoms with Crippen LogP contribution in [0.15, 0.2) is 29.6 Å². The Labute approximate surface area is 173 Å². The monoisotopic (exact) mass is 424 g/mol. The van der Waals surface area contributed by atoms with E-state index in [9.17, 15) is 4.79 Å². The fourth-order valence-corrected chi connectivity index (χ4v) is 4.72. The fourth-order valence-electron chi connectivity index (χ4n) is 3.17. The van der Waals surface area contributed by atoms with Gasteiger partial charge in [-0.25, -0.2) is 14.8 Å². The van der Waals surface area contributed by atoms with Gasteiger partial charge in [-0.3, -0.25) is 0 Å². The molecular formula is C19H16N6O2S2. The van der Waals surface area contributed by atoms with Gasteiger partial charge in [-0.15, -0.1) is 21.5 Å². The molecule has 1 aliphatic rings. The number of anilines is 4. The molecular weight excluding hydrogens is 408 g/mol. The minimum Gasteiger partial charge on any atom is -0.476 e. The quantitative estimate of drug-likeness (QED) is 0.400. The number of para-hydroxylation sites is 1. The van der Waals surface area contributed by atoms with Gasteiger partial charge in [0.15, 0.2) is 27.6 Å². The first kappa shape index (κ1) is 18.0. The van der Waals surface area contributed by atoms with E-state index in [-0.39, 0.29) is 5.69 Å². The molecule has 0 amide bonds. The first-order chi connectivity index (χ1) is 14.1. The first-order valence-corrected chi connectivity index (χ1v) is 10.7. The largest absolute Gasteiger partial charge is 0.476 e. The van der Waals surface area contributed by atoms with Crippen LogP contribution in [-0.4, -0.2) is 31.2 Å². The number of nitrogens with one attached hydrogen (secondary N) is 2. The molecule has 1 aliphatic carbocycles. The molecule has 8 nitrogen and oxygen atoms in total.